The minimum Gasteiger partial charge on any atom is -0.455 e. The van der Waals surface area contributed by atoms with Crippen LogP contribution in [0.3, 0.4) is 0 Å². The number of furan rings is 1. The fourth-order valence-electron chi connectivity index (χ4n) is 3.74. The van der Waals surface area contributed by atoms with Gasteiger partial charge in [0, 0.05) is 38.2 Å². The van der Waals surface area contributed by atoms with Crippen LogP contribution in [0.5, 0.6) is 0 Å². The number of amides is 1. The normalized spacial score (nSPS) is 15.2. The molecule has 1 saturated carbocycles. The van der Waals surface area contributed by atoms with Crippen molar-refractivity contribution in [1.29, 1.82) is 0 Å². The first-order valence-corrected chi connectivity index (χ1v) is 12.3. The van der Waals surface area contributed by atoms with Crippen molar-refractivity contribution >= 4 is 23.5 Å². The van der Waals surface area contributed by atoms with Crippen molar-refractivity contribution in [2.45, 2.75) is 82.2 Å². The Balaban J connectivity index is 1.77. The SMILES string of the molecule is CCN(C)C(=O)c1ccc(CSc2nc(N(C)C3CCCCC3)cc(C(C)(C)C)n2)o1. The Morgan fingerprint density at radius 3 is 2.52 bits per heavy atom. The van der Waals surface area contributed by atoms with Crippen molar-refractivity contribution in [2.24, 2.45) is 0 Å². The summed E-state index contributed by atoms with van der Waals surface area (Å²) in [5, 5.41) is 0.750. The maximum absolute atomic E-state index is 12.3. The summed E-state index contributed by atoms with van der Waals surface area (Å²) in [5.74, 6) is 2.62. The Morgan fingerprint density at radius 2 is 1.87 bits per heavy atom. The van der Waals surface area contributed by atoms with Crippen LogP contribution in [0.4, 0.5) is 5.82 Å². The molecule has 0 spiro atoms. The number of hydrogen-bond donors (Lipinski definition) is 0. The van der Waals surface area contributed by atoms with Crippen LogP contribution in [0.1, 0.15) is 81.8 Å². The molecule has 31 heavy (non-hydrogen) atoms. The highest BCUT2D eigenvalue weighted by Gasteiger charge is 2.24. The first-order chi connectivity index (χ1) is 14.7. The topological polar surface area (TPSA) is 62.5 Å². The highest BCUT2D eigenvalue weighted by atomic mass is 32.2. The number of carbonyl (C=O) groups is 1. The summed E-state index contributed by atoms with van der Waals surface area (Å²) in [6, 6.07) is 6.30. The van der Waals surface area contributed by atoms with E-state index in [-0.39, 0.29) is 11.3 Å². The molecular formula is C24H36N4O2S. The van der Waals surface area contributed by atoms with Gasteiger partial charge in [-0.25, -0.2) is 9.97 Å². The van der Waals surface area contributed by atoms with Gasteiger partial charge in [0.25, 0.3) is 5.91 Å². The largest absolute Gasteiger partial charge is 0.455 e. The molecule has 1 amide bonds. The van der Waals surface area contributed by atoms with Gasteiger partial charge in [-0.2, -0.15) is 0 Å². The van der Waals surface area contributed by atoms with E-state index in [1.807, 2.05) is 13.0 Å². The Hall–Kier alpha value is -2.02. The molecular weight excluding hydrogens is 408 g/mol. The van der Waals surface area contributed by atoms with Crippen LogP contribution < -0.4 is 4.90 Å². The fraction of sp³-hybridized carbons (Fsp3) is 0.625. The average Bonchev–Trinajstić information content (AvgIpc) is 3.25. The quantitative estimate of drug-likeness (QED) is 0.414. The molecule has 0 aliphatic heterocycles. The molecule has 0 unspecified atom stereocenters. The van der Waals surface area contributed by atoms with E-state index in [0.717, 1.165) is 22.4 Å². The van der Waals surface area contributed by atoms with Gasteiger partial charge in [0.15, 0.2) is 10.9 Å². The average molecular weight is 445 g/mol. The molecule has 0 atom stereocenters. The van der Waals surface area contributed by atoms with Gasteiger partial charge < -0.3 is 14.2 Å². The summed E-state index contributed by atoms with van der Waals surface area (Å²) in [6.07, 6.45) is 6.37. The number of hydrogen-bond acceptors (Lipinski definition) is 6. The number of rotatable bonds is 7. The van der Waals surface area contributed by atoms with Crippen molar-refractivity contribution < 1.29 is 9.21 Å². The molecule has 3 rings (SSSR count). The van der Waals surface area contributed by atoms with Crippen molar-refractivity contribution in [3.8, 4) is 0 Å². The van der Waals surface area contributed by atoms with Gasteiger partial charge in [-0.15, -0.1) is 0 Å². The zero-order valence-corrected chi connectivity index (χ0v) is 20.6. The van der Waals surface area contributed by atoms with Crippen LogP contribution in [-0.4, -0.2) is 47.5 Å². The van der Waals surface area contributed by atoms with E-state index in [1.54, 1.807) is 29.8 Å². The van der Waals surface area contributed by atoms with Crippen LogP contribution in [-0.2, 0) is 11.2 Å². The number of nitrogens with zero attached hydrogens (tertiary/aromatic N) is 4. The monoisotopic (exact) mass is 444 g/mol. The third-order valence-electron chi connectivity index (χ3n) is 5.98. The molecule has 7 heteroatoms. The zero-order valence-electron chi connectivity index (χ0n) is 19.8. The minimum absolute atomic E-state index is 0.0601. The van der Waals surface area contributed by atoms with E-state index in [4.69, 9.17) is 14.4 Å². The van der Waals surface area contributed by atoms with Crippen LogP contribution in [0.2, 0.25) is 0 Å². The number of anilines is 1. The lowest BCUT2D eigenvalue weighted by Crippen LogP contribution is -2.34. The minimum atomic E-state index is -0.0962. The summed E-state index contributed by atoms with van der Waals surface area (Å²) in [5.41, 5.74) is 0.984. The lowest BCUT2D eigenvalue weighted by molar-refractivity contribution is 0.0769. The van der Waals surface area contributed by atoms with Crippen LogP contribution in [0, 0.1) is 0 Å². The van der Waals surface area contributed by atoms with Crippen LogP contribution in [0.25, 0.3) is 0 Å². The first-order valence-electron chi connectivity index (χ1n) is 11.3. The van der Waals surface area contributed by atoms with Gasteiger partial charge in [-0.3, -0.25) is 4.79 Å². The highest BCUT2D eigenvalue weighted by molar-refractivity contribution is 7.98. The molecule has 0 aromatic carbocycles. The first kappa shape index (κ1) is 23.6. The Morgan fingerprint density at radius 1 is 1.16 bits per heavy atom. The fourth-order valence-corrected chi connectivity index (χ4v) is 4.48. The maximum Gasteiger partial charge on any atom is 0.289 e. The Bertz CT molecular complexity index is 884. The molecule has 1 aliphatic carbocycles. The molecule has 2 aromatic rings. The van der Waals surface area contributed by atoms with E-state index in [0.29, 0.717) is 24.1 Å². The van der Waals surface area contributed by atoms with E-state index >= 15 is 0 Å². The molecule has 0 N–H and O–H groups in total. The third-order valence-corrected chi connectivity index (χ3v) is 6.85. The van der Waals surface area contributed by atoms with Gasteiger partial charge in [-0.1, -0.05) is 51.8 Å². The van der Waals surface area contributed by atoms with Gasteiger partial charge in [0.1, 0.15) is 11.6 Å². The highest BCUT2D eigenvalue weighted by Crippen LogP contribution is 2.31. The van der Waals surface area contributed by atoms with Crippen molar-refractivity contribution in [1.82, 2.24) is 14.9 Å². The number of thioether (sulfide) groups is 1. The summed E-state index contributed by atoms with van der Waals surface area (Å²) >= 11 is 1.55. The Kier molecular flexibility index (Phi) is 7.68. The third kappa shape index (κ3) is 6.03. The lowest BCUT2D eigenvalue weighted by atomic mass is 9.91. The maximum atomic E-state index is 12.3. The van der Waals surface area contributed by atoms with Crippen molar-refractivity contribution in [3.63, 3.8) is 0 Å². The van der Waals surface area contributed by atoms with E-state index < -0.39 is 0 Å². The molecule has 2 aromatic heterocycles. The molecule has 1 aliphatic rings. The van der Waals surface area contributed by atoms with E-state index in [2.05, 4.69) is 38.8 Å². The molecule has 2 heterocycles. The predicted octanol–water partition coefficient (Wildman–Crippen LogP) is 5.52. The molecule has 1 fully saturated rings. The second-order valence-corrected chi connectivity index (χ2v) is 10.4. The standard InChI is InChI=1S/C24H36N4O2S/c1-7-27(5)22(29)19-14-13-18(30-19)16-31-23-25-20(24(2,3)4)15-21(26-23)28(6)17-11-9-8-10-12-17/h13-15,17H,7-12,16H2,1-6H3. The molecule has 0 radical (unpaired) electrons. The van der Waals surface area contributed by atoms with Crippen molar-refractivity contribution in [3.05, 3.63) is 35.4 Å². The van der Waals surface area contributed by atoms with Gasteiger partial charge >= 0.3 is 0 Å². The summed E-state index contributed by atoms with van der Waals surface area (Å²) in [4.78, 5) is 26.0. The van der Waals surface area contributed by atoms with Gasteiger partial charge in [-0.05, 0) is 31.9 Å². The van der Waals surface area contributed by atoms with Gasteiger partial charge in [0.05, 0.1) is 11.4 Å². The lowest BCUT2D eigenvalue weighted by Gasteiger charge is -2.33. The number of carbonyl (C=O) groups excluding carboxylic acids is 1. The second-order valence-electron chi connectivity index (χ2n) is 9.42. The molecule has 170 valence electrons. The zero-order chi connectivity index (χ0) is 22.6. The van der Waals surface area contributed by atoms with Crippen LogP contribution in [0.15, 0.2) is 27.8 Å². The smallest absolute Gasteiger partial charge is 0.289 e. The summed E-state index contributed by atoms with van der Waals surface area (Å²) in [6.45, 7) is 9.14. The second kappa shape index (κ2) is 10.1. The van der Waals surface area contributed by atoms with E-state index in [9.17, 15) is 4.79 Å². The Labute approximate surface area is 190 Å². The predicted molar refractivity (Wildman–Crippen MR) is 127 cm³/mol. The van der Waals surface area contributed by atoms with E-state index in [1.165, 1.54) is 32.1 Å². The molecule has 0 saturated heterocycles. The van der Waals surface area contributed by atoms with Crippen LogP contribution >= 0.6 is 11.8 Å². The van der Waals surface area contributed by atoms with Crippen molar-refractivity contribution in [2.75, 3.05) is 25.5 Å². The summed E-state index contributed by atoms with van der Waals surface area (Å²) < 4.78 is 5.78. The molecule has 0 bridgehead atoms. The number of aromatic nitrogens is 2. The molecule has 6 nitrogen and oxygen atoms in total. The van der Waals surface area contributed by atoms with Gasteiger partial charge in [0.2, 0.25) is 0 Å². The summed E-state index contributed by atoms with van der Waals surface area (Å²) in [7, 11) is 3.93.